The topological polar surface area (TPSA) is 46.6 Å². The van der Waals surface area contributed by atoms with E-state index in [1.165, 1.54) is 7.11 Å². The van der Waals surface area contributed by atoms with Crippen LogP contribution in [0.1, 0.15) is 22.3 Å². The number of methoxy groups -OCH3 is 1. The van der Waals surface area contributed by atoms with E-state index in [4.69, 9.17) is 0 Å². The van der Waals surface area contributed by atoms with E-state index >= 15 is 0 Å². The van der Waals surface area contributed by atoms with E-state index in [2.05, 4.69) is 11.3 Å². The van der Waals surface area contributed by atoms with Crippen molar-refractivity contribution >= 4 is 17.6 Å². The predicted molar refractivity (Wildman–Crippen MR) is 68.7 cm³/mol. The van der Waals surface area contributed by atoms with Crippen LogP contribution in [0.15, 0.2) is 30.9 Å². The molecule has 0 saturated heterocycles. The van der Waals surface area contributed by atoms with Gasteiger partial charge in [0.05, 0.1) is 12.7 Å². The van der Waals surface area contributed by atoms with Crippen molar-refractivity contribution < 1.29 is 14.3 Å². The van der Waals surface area contributed by atoms with Gasteiger partial charge in [0.25, 0.3) is 0 Å². The number of nitrogens with zero attached hydrogens (tertiary/aromatic N) is 1. The lowest BCUT2D eigenvalue weighted by atomic mass is 9.99. The normalized spacial score (nSPS) is 14.1. The van der Waals surface area contributed by atoms with Crippen LogP contribution in [0.3, 0.4) is 0 Å². The molecule has 0 aliphatic carbocycles. The summed E-state index contributed by atoms with van der Waals surface area (Å²) in [6.07, 6.45) is 2.89. The Balaban J connectivity index is 2.44. The molecule has 2 rings (SSSR count). The summed E-state index contributed by atoms with van der Waals surface area (Å²) < 4.78 is 4.69. The SMILES string of the molecule is C=CCN1C(=O)CCc2ccc(C(=O)OC)cc21. The quantitative estimate of drug-likeness (QED) is 0.604. The van der Waals surface area contributed by atoms with Crippen molar-refractivity contribution in [2.45, 2.75) is 12.8 Å². The lowest BCUT2D eigenvalue weighted by Gasteiger charge is -2.28. The Morgan fingerprint density at radius 1 is 1.50 bits per heavy atom. The fraction of sp³-hybridized carbons (Fsp3) is 0.286. The second-order valence-electron chi connectivity index (χ2n) is 4.13. The minimum absolute atomic E-state index is 0.0596. The fourth-order valence-electron chi connectivity index (χ4n) is 2.11. The van der Waals surface area contributed by atoms with E-state index in [-0.39, 0.29) is 5.91 Å². The highest BCUT2D eigenvalue weighted by atomic mass is 16.5. The van der Waals surface area contributed by atoms with Gasteiger partial charge in [0.15, 0.2) is 0 Å². The summed E-state index contributed by atoms with van der Waals surface area (Å²) in [5, 5.41) is 0. The Morgan fingerprint density at radius 3 is 2.94 bits per heavy atom. The molecule has 4 nitrogen and oxygen atoms in total. The highest BCUT2D eigenvalue weighted by Gasteiger charge is 2.24. The maximum atomic E-state index is 11.9. The van der Waals surface area contributed by atoms with Crippen LogP contribution in [0.5, 0.6) is 0 Å². The second-order valence-corrected chi connectivity index (χ2v) is 4.13. The van der Waals surface area contributed by atoms with Crippen LogP contribution in [-0.4, -0.2) is 25.5 Å². The Kier molecular flexibility index (Phi) is 3.46. The van der Waals surface area contributed by atoms with Crippen LogP contribution >= 0.6 is 0 Å². The standard InChI is InChI=1S/C14H15NO3/c1-3-8-15-12-9-11(14(17)18-2)5-4-10(12)6-7-13(15)16/h3-5,9H,1,6-8H2,2H3. The summed E-state index contributed by atoms with van der Waals surface area (Å²) in [4.78, 5) is 25.0. The number of aryl methyl sites for hydroxylation is 1. The number of esters is 1. The van der Waals surface area contributed by atoms with E-state index in [9.17, 15) is 9.59 Å². The molecule has 0 aromatic heterocycles. The third-order valence-electron chi connectivity index (χ3n) is 3.02. The molecule has 0 spiro atoms. The first-order chi connectivity index (χ1) is 8.67. The van der Waals surface area contributed by atoms with Crippen molar-refractivity contribution in [3.63, 3.8) is 0 Å². The average Bonchev–Trinajstić information content (AvgIpc) is 2.40. The lowest BCUT2D eigenvalue weighted by Crippen LogP contribution is -2.35. The zero-order chi connectivity index (χ0) is 13.1. The van der Waals surface area contributed by atoms with Crippen molar-refractivity contribution in [3.8, 4) is 0 Å². The van der Waals surface area contributed by atoms with Crippen LogP contribution < -0.4 is 4.90 Å². The molecule has 1 amide bonds. The van der Waals surface area contributed by atoms with E-state index < -0.39 is 5.97 Å². The number of amides is 1. The summed E-state index contributed by atoms with van der Waals surface area (Å²) in [6, 6.07) is 5.32. The third kappa shape index (κ3) is 2.14. The maximum absolute atomic E-state index is 11.9. The van der Waals surface area contributed by atoms with Gasteiger partial charge >= 0.3 is 5.97 Å². The van der Waals surface area contributed by atoms with Gasteiger partial charge in [-0.25, -0.2) is 4.79 Å². The number of carbonyl (C=O) groups excluding carboxylic acids is 2. The van der Waals surface area contributed by atoms with Crippen LogP contribution in [-0.2, 0) is 16.0 Å². The number of benzene rings is 1. The minimum atomic E-state index is -0.394. The van der Waals surface area contributed by atoms with E-state index in [0.29, 0.717) is 24.9 Å². The van der Waals surface area contributed by atoms with Crippen LogP contribution in [0.4, 0.5) is 5.69 Å². The van der Waals surface area contributed by atoms with Gasteiger partial charge < -0.3 is 9.64 Å². The zero-order valence-electron chi connectivity index (χ0n) is 10.3. The van der Waals surface area contributed by atoms with Crippen molar-refractivity contribution in [2.75, 3.05) is 18.6 Å². The zero-order valence-corrected chi connectivity index (χ0v) is 10.3. The smallest absolute Gasteiger partial charge is 0.337 e. The summed E-state index contributed by atoms with van der Waals surface area (Å²) in [7, 11) is 1.34. The van der Waals surface area contributed by atoms with Gasteiger partial charge in [0.1, 0.15) is 0 Å². The highest BCUT2D eigenvalue weighted by molar-refractivity contribution is 5.99. The van der Waals surface area contributed by atoms with E-state index in [1.807, 2.05) is 6.07 Å². The summed E-state index contributed by atoms with van der Waals surface area (Å²) in [6.45, 7) is 4.11. The molecule has 1 heterocycles. The molecule has 0 unspecified atom stereocenters. The molecule has 1 aliphatic rings. The first kappa shape index (κ1) is 12.4. The molecule has 4 heteroatoms. The van der Waals surface area contributed by atoms with Gasteiger partial charge in [-0.1, -0.05) is 12.1 Å². The first-order valence-corrected chi connectivity index (χ1v) is 5.80. The van der Waals surface area contributed by atoms with Crippen LogP contribution in [0.2, 0.25) is 0 Å². The second kappa shape index (κ2) is 5.04. The van der Waals surface area contributed by atoms with Gasteiger partial charge in [-0.2, -0.15) is 0 Å². The summed E-state index contributed by atoms with van der Waals surface area (Å²) in [5.41, 5.74) is 2.32. The lowest BCUT2D eigenvalue weighted by molar-refractivity contribution is -0.118. The molecular weight excluding hydrogens is 230 g/mol. The average molecular weight is 245 g/mol. The Morgan fingerprint density at radius 2 is 2.28 bits per heavy atom. The molecule has 0 radical (unpaired) electrons. The molecule has 1 aromatic rings. The van der Waals surface area contributed by atoms with Gasteiger partial charge in [0, 0.05) is 18.7 Å². The van der Waals surface area contributed by atoms with Gasteiger partial charge in [-0.15, -0.1) is 6.58 Å². The molecule has 18 heavy (non-hydrogen) atoms. The molecular formula is C14H15NO3. The van der Waals surface area contributed by atoms with Crippen LogP contribution in [0.25, 0.3) is 0 Å². The molecule has 94 valence electrons. The third-order valence-corrected chi connectivity index (χ3v) is 3.02. The van der Waals surface area contributed by atoms with Crippen LogP contribution in [0, 0.1) is 0 Å². The fourth-order valence-corrected chi connectivity index (χ4v) is 2.11. The monoisotopic (exact) mass is 245 g/mol. The van der Waals surface area contributed by atoms with Gasteiger partial charge in [-0.05, 0) is 24.1 Å². The maximum Gasteiger partial charge on any atom is 0.337 e. The Labute approximate surface area is 106 Å². The minimum Gasteiger partial charge on any atom is -0.465 e. The predicted octanol–water partition coefficient (Wildman–Crippen LogP) is 1.94. The number of hydrogen-bond donors (Lipinski definition) is 0. The Hall–Kier alpha value is -2.10. The molecule has 0 bridgehead atoms. The van der Waals surface area contributed by atoms with Crippen molar-refractivity contribution in [1.29, 1.82) is 0 Å². The number of carbonyl (C=O) groups is 2. The summed E-state index contributed by atoms with van der Waals surface area (Å²) in [5.74, 6) is -0.334. The van der Waals surface area contributed by atoms with Crippen molar-refractivity contribution in [1.82, 2.24) is 0 Å². The van der Waals surface area contributed by atoms with Crippen molar-refractivity contribution in [2.24, 2.45) is 0 Å². The molecule has 0 N–H and O–H groups in total. The number of fused-ring (bicyclic) bond motifs is 1. The molecule has 1 aromatic carbocycles. The molecule has 0 atom stereocenters. The van der Waals surface area contributed by atoms with E-state index in [0.717, 1.165) is 11.3 Å². The van der Waals surface area contributed by atoms with Crippen molar-refractivity contribution in [3.05, 3.63) is 42.0 Å². The molecule has 1 aliphatic heterocycles. The highest BCUT2D eigenvalue weighted by Crippen LogP contribution is 2.29. The first-order valence-electron chi connectivity index (χ1n) is 5.80. The molecule has 0 saturated carbocycles. The summed E-state index contributed by atoms with van der Waals surface area (Å²) >= 11 is 0. The van der Waals surface area contributed by atoms with Gasteiger partial charge in [-0.3, -0.25) is 4.79 Å². The van der Waals surface area contributed by atoms with Gasteiger partial charge in [0.2, 0.25) is 5.91 Å². The number of anilines is 1. The van der Waals surface area contributed by atoms with E-state index in [1.54, 1.807) is 23.1 Å². The molecule has 0 fully saturated rings. The Bertz CT molecular complexity index is 508. The largest absolute Gasteiger partial charge is 0.465 e. The number of rotatable bonds is 3. The number of hydrogen-bond acceptors (Lipinski definition) is 3. The number of ether oxygens (including phenoxy) is 1.